The van der Waals surface area contributed by atoms with Crippen LogP contribution in [0.25, 0.3) is 0 Å². The van der Waals surface area contributed by atoms with Crippen molar-refractivity contribution in [2.24, 2.45) is 0 Å². The van der Waals surface area contributed by atoms with Gasteiger partial charge in [-0.1, -0.05) is 137 Å². The van der Waals surface area contributed by atoms with Crippen molar-refractivity contribution in [2.75, 3.05) is 0 Å². The van der Waals surface area contributed by atoms with Crippen molar-refractivity contribution in [3.8, 4) is 23.0 Å². The van der Waals surface area contributed by atoms with E-state index in [4.69, 9.17) is 65.4 Å². The third kappa shape index (κ3) is 13.8. The predicted molar refractivity (Wildman–Crippen MR) is 237 cm³/mol. The van der Waals surface area contributed by atoms with Gasteiger partial charge in [-0.25, -0.2) is 4.79 Å². The van der Waals surface area contributed by atoms with Gasteiger partial charge in [0, 0.05) is 61.8 Å². The van der Waals surface area contributed by atoms with Crippen LogP contribution in [-0.4, -0.2) is 22.8 Å². The van der Waals surface area contributed by atoms with Crippen LogP contribution in [0.5, 0.6) is 23.0 Å². The molecule has 62 heavy (non-hydrogen) atoms. The average molecular weight is 941 g/mol. The molecule has 6 aromatic rings. The Kier molecular flexibility index (Phi) is 19.2. The molecule has 0 aliphatic carbocycles. The number of carbonyl (C=O) groups excluding carboxylic acids is 2. The molecule has 0 saturated heterocycles. The van der Waals surface area contributed by atoms with E-state index in [9.17, 15) is 19.5 Å². The fourth-order valence-electron chi connectivity index (χ4n) is 5.87. The molecule has 0 radical (unpaired) electrons. The van der Waals surface area contributed by atoms with Crippen molar-refractivity contribution >= 4 is 64.1 Å². The molecule has 6 rings (SSSR count). The zero-order chi connectivity index (χ0) is 43.9. The van der Waals surface area contributed by atoms with Crippen LogP contribution in [0, 0.1) is 0 Å². The molecule has 5 N–H and O–H groups in total. The van der Waals surface area contributed by atoms with Gasteiger partial charge in [0.05, 0.1) is 5.56 Å². The van der Waals surface area contributed by atoms with E-state index in [2.05, 4.69) is 11.1 Å². The minimum Gasteiger partial charge on any atom is -1.00 e. The molecule has 10 nitrogen and oxygen atoms in total. The predicted octanol–water partition coefficient (Wildman–Crippen LogP) is 7.44. The van der Waals surface area contributed by atoms with Gasteiger partial charge in [0.2, 0.25) is 5.91 Å². The summed E-state index contributed by atoms with van der Waals surface area (Å²) in [6.45, 7) is 3.48. The number of benzene rings is 6. The molecular weight excluding hydrogens is 898 g/mol. The van der Waals surface area contributed by atoms with Crippen LogP contribution in [0.15, 0.2) is 133 Å². The first-order valence-corrected chi connectivity index (χ1v) is 20.4. The number of ketones is 1. The van der Waals surface area contributed by atoms with E-state index in [0.29, 0.717) is 48.5 Å². The van der Waals surface area contributed by atoms with Crippen molar-refractivity contribution in [3.05, 3.63) is 187 Å². The van der Waals surface area contributed by atoms with E-state index in [1.807, 2.05) is 78.9 Å². The zero-order valence-corrected chi connectivity index (χ0v) is 37.4. The third-order valence-corrected chi connectivity index (χ3v) is 10.6. The Labute approximate surface area is 386 Å². The maximum Gasteiger partial charge on any atom is 0.331 e. The highest BCUT2D eigenvalue weighted by Gasteiger charge is 2.27. The van der Waals surface area contributed by atoms with Crippen LogP contribution >= 0.6 is 46.4 Å². The minimum absolute atomic E-state index is 0. The van der Waals surface area contributed by atoms with Crippen molar-refractivity contribution in [3.63, 3.8) is 0 Å². The van der Waals surface area contributed by atoms with Crippen molar-refractivity contribution in [2.45, 2.75) is 52.4 Å². The number of para-hydroxylation sites is 2. The monoisotopic (exact) mass is 938 g/mol. The average Bonchev–Trinajstić information content (AvgIpc) is 3.24. The van der Waals surface area contributed by atoms with Gasteiger partial charge in [0.1, 0.15) is 26.4 Å². The van der Waals surface area contributed by atoms with E-state index in [0.717, 1.165) is 16.7 Å². The van der Waals surface area contributed by atoms with E-state index in [1.165, 1.54) is 13.8 Å². The van der Waals surface area contributed by atoms with Crippen LogP contribution in [0.1, 0.15) is 59.3 Å². The number of amides is 1. The molecule has 0 heterocycles. The van der Waals surface area contributed by atoms with Crippen molar-refractivity contribution < 1.29 is 56.6 Å². The fourth-order valence-corrected chi connectivity index (χ4v) is 6.63. The lowest BCUT2D eigenvalue weighted by Gasteiger charge is -2.21. The Hall–Kier alpha value is -5.46. The first-order chi connectivity index (χ1) is 29.3. The second-order valence-corrected chi connectivity index (χ2v) is 15.1. The summed E-state index contributed by atoms with van der Waals surface area (Å²) < 4.78 is 24.1. The summed E-state index contributed by atoms with van der Waals surface area (Å²) in [6, 6.07) is 37.7. The van der Waals surface area contributed by atoms with Gasteiger partial charge in [0.25, 0.3) is 0 Å². The Bertz CT molecular complexity index is 2470. The molecule has 0 aliphatic rings. The van der Waals surface area contributed by atoms with Crippen LogP contribution in [0.2, 0.25) is 20.1 Å². The van der Waals surface area contributed by atoms with E-state index in [1.54, 1.807) is 54.6 Å². The van der Waals surface area contributed by atoms with Crippen molar-refractivity contribution in [1.82, 2.24) is 5.32 Å². The SMILES string of the molecule is CC(=O)C([NH3+])c1cccc(OCc2ccccc2Cl)c1OCc1ccccc1Cl.CC(=O)NC(C(=O)O)c1cccc(OCc2ccccc2Cl)c1OCc1ccccc1Cl.[Cl-]. The minimum atomic E-state index is -1.32. The number of ether oxygens (including phenoxy) is 4. The summed E-state index contributed by atoms with van der Waals surface area (Å²) >= 11 is 24.9. The van der Waals surface area contributed by atoms with Crippen LogP contribution in [0.4, 0.5) is 0 Å². The zero-order valence-electron chi connectivity index (χ0n) is 33.6. The molecule has 2 atom stereocenters. The summed E-state index contributed by atoms with van der Waals surface area (Å²) in [5, 5.41) is 14.4. The number of carboxylic acids is 1. The largest absolute Gasteiger partial charge is 1.00 e. The molecule has 0 saturated carbocycles. The number of nitrogens with one attached hydrogen (secondary N) is 1. The van der Waals surface area contributed by atoms with Gasteiger partial charge >= 0.3 is 5.97 Å². The lowest BCUT2D eigenvalue weighted by atomic mass is 10.0. The number of aliphatic carboxylic acids is 1. The topological polar surface area (TPSA) is 148 Å². The Morgan fingerprint density at radius 2 is 0.871 bits per heavy atom. The number of halogens is 5. The first-order valence-electron chi connectivity index (χ1n) is 18.9. The smallest absolute Gasteiger partial charge is 0.331 e. The van der Waals surface area contributed by atoms with Crippen LogP contribution < -0.4 is 42.4 Å². The highest BCUT2D eigenvalue weighted by atomic mass is 35.5. The number of hydrogen-bond donors (Lipinski definition) is 3. The number of rotatable bonds is 17. The number of hydrogen-bond acceptors (Lipinski definition) is 7. The number of quaternary nitrogens is 1. The number of carboxylic acid groups (broad SMARTS) is 1. The lowest BCUT2D eigenvalue weighted by Crippen LogP contribution is -3.00. The molecular formula is C47H43Cl5N2O8. The second kappa shape index (κ2) is 24.2. The summed E-state index contributed by atoms with van der Waals surface area (Å²) in [4.78, 5) is 35.5. The molecule has 0 fully saturated rings. The van der Waals surface area contributed by atoms with Gasteiger partial charge in [0.15, 0.2) is 40.9 Å². The van der Waals surface area contributed by atoms with E-state index < -0.39 is 24.0 Å². The van der Waals surface area contributed by atoms with Crippen LogP contribution in [0.3, 0.4) is 0 Å². The van der Waals surface area contributed by atoms with Gasteiger partial charge in [-0.2, -0.15) is 0 Å². The van der Waals surface area contributed by atoms with E-state index >= 15 is 0 Å². The molecule has 6 aromatic carbocycles. The standard InChI is InChI=1S/C24H21Cl2NO5.C23H21Cl2NO3.ClH/c1-15(28)27-22(24(29)30)18-9-6-12-21(31-13-16-7-2-4-10-19(16)25)23(18)32-14-17-8-3-5-11-20(17)26;1-15(27)22(26)18-9-6-12-21(28-13-16-7-2-4-10-19(16)24)23(18)29-14-17-8-3-5-11-20(17)25;/h2-12,22H,13-14H2,1H3,(H,27,28)(H,29,30);2-12,22H,13-14,26H2,1H3;1H. The summed E-state index contributed by atoms with van der Waals surface area (Å²) in [6.07, 6.45) is 0. The molecule has 2 unspecified atom stereocenters. The molecule has 0 aromatic heterocycles. The van der Waals surface area contributed by atoms with Gasteiger partial charge in [-0.15, -0.1) is 0 Å². The normalized spacial score (nSPS) is 11.4. The van der Waals surface area contributed by atoms with E-state index in [-0.39, 0.29) is 55.9 Å². The summed E-state index contributed by atoms with van der Waals surface area (Å²) in [5.74, 6) is -0.274. The van der Waals surface area contributed by atoms with Gasteiger partial charge in [-0.3, -0.25) is 9.59 Å². The fraction of sp³-hybridized carbons (Fsp3) is 0.170. The Morgan fingerprint density at radius 3 is 1.21 bits per heavy atom. The Morgan fingerprint density at radius 1 is 0.532 bits per heavy atom. The quantitative estimate of drug-likeness (QED) is 0.0856. The molecule has 15 heteroatoms. The molecule has 324 valence electrons. The van der Waals surface area contributed by atoms with Gasteiger partial charge < -0.3 is 47.5 Å². The molecule has 0 spiro atoms. The number of Topliss-reactive ketones (excluding diaryl/α,β-unsaturated/α-hetero) is 1. The molecule has 1 amide bonds. The second-order valence-electron chi connectivity index (χ2n) is 13.5. The Balaban J connectivity index is 0.000000269. The van der Waals surface area contributed by atoms with Crippen molar-refractivity contribution in [1.29, 1.82) is 0 Å². The maximum absolute atomic E-state index is 12.0. The lowest BCUT2D eigenvalue weighted by molar-refractivity contribution is -0.409. The highest BCUT2D eigenvalue weighted by molar-refractivity contribution is 6.32. The highest BCUT2D eigenvalue weighted by Crippen LogP contribution is 2.38. The number of carbonyl (C=O) groups is 3. The molecule has 0 aliphatic heterocycles. The third-order valence-electron chi connectivity index (χ3n) is 9.13. The summed E-state index contributed by atoms with van der Waals surface area (Å²) in [7, 11) is 0. The maximum atomic E-state index is 12.0. The van der Waals surface area contributed by atoms with Crippen LogP contribution in [-0.2, 0) is 40.8 Å². The van der Waals surface area contributed by atoms with Gasteiger partial charge in [-0.05, 0) is 42.5 Å². The first kappa shape index (κ1) is 49.2. The molecule has 0 bridgehead atoms. The summed E-state index contributed by atoms with van der Waals surface area (Å²) in [5.41, 5.74) is 8.06.